The Morgan fingerprint density at radius 2 is 1.55 bits per heavy atom. The first-order chi connectivity index (χ1) is 14.7. The maximum Gasteiger partial charge on any atom is 0.260 e. The Hall–Kier alpha value is -3.47. The van der Waals surface area contributed by atoms with E-state index in [1.54, 1.807) is 30.3 Å². The van der Waals surface area contributed by atoms with Gasteiger partial charge in [-0.3, -0.25) is 9.10 Å². The molecular formula is C20H25N3O7S. The van der Waals surface area contributed by atoms with Gasteiger partial charge in [0.05, 0.1) is 46.6 Å². The van der Waals surface area contributed by atoms with E-state index in [-0.39, 0.29) is 11.4 Å². The zero-order chi connectivity index (χ0) is 23.0. The molecule has 2 rings (SSSR count). The van der Waals surface area contributed by atoms with Crippen LogP contribution in [-0.4, -0.2) is 61.8 Å². The normalized spacial score (nSPS) is 11.1. The lowest BCUT2D eigenvalue weighted by molar-refractivity contribution is -0.119. The number of hydrazone groups is 1. The maximum absolute atomic E-state index is 12.4. The van der Waals surface area contributed by atoms with E-state index < -0.39 is 22.5 Å². The van der Waals surface area contributed by atoms with Crippen LogP contribution in [0.1, 0.15) is 5.56 Å². The summed E-state index contributed by atoms with van der Waals surface area (Å²) in [5.41, 5.74) is 3.05. The Kier molecular flexibility index (Phi) is 8.08. The molecule has 0 spiro atoms. The number of anilines is 1. The largest absolute Gasteiger partial charge is 0.497 e. The molecule has 0 aliphatic carbocycles. The van der Waals surface area contributed by atoms with Crippen LogP contribution in [0.5, 0.6) is 23.0 Å². The number of rotatable bonds is 10. The van der Waals surface area contributed by atoms with Crippen LogP contribution in [0.2, 0.25) is 0 Å². The number of sulfonamides is 1. The first-order valence-corrected chi connectivity index (χ1v) is 10.8. The molecule has 0 bridgehead atoms. The maximum atomic E-state index is 12.4. The lowest BCUT2D eigenvalue weighted by atomic mass is 10.2. The molecule has 0 unspecified atom stereocenters. The molecule has 0 fully saturated rings. The molecule has 1 N–H and O–H groups in total. The predicted molar refractivity (Wildman–Crippen MR) is 117 cm³/mol. The van der Waals surface area contributed by atoms with Crippen LogP contribution in [0.25, 0.3) is 0 Å². The molecule has 0 radical (unpaired) electrons. The molecule has 2 aromatic rings. The number of nitrogens with zero attached hydrogens (tertiary/aromatic N) is 2. The van der Waals surface area contributed by atoms with E-state index in [4.69, 9.17) is 18.9 Å². The third-order valence-electron chi connectivity index (χ3n) is 4.17. The fraction of sp³-hybridized carbons (Fsp3) is 0.300. The van der Waals surface area contributed by atoms with E-state index in [0.717, 1.165) is 10.6 Å². The smallest absolute Gasteiger partial charge is 0.260 e. The lowest BCUT2D eigenvalue weighted by Crippen LogP contribution is -2.39. The molecule has 0 atom stereocenters. The van der Waals surface area contributed by atoms with E-state index >= 15 is 0 Å². The van der Waals surface area contributed by atoms with Crippen LogP contribution in [0.3, 0.4) is 0 Å². The summed E-state index contributed by atoms with van der Waals surface area (Å²) < 4.78 is 46.4. The van der Waals surface area contributed by atoms with Crippen LogP contribution in [-0.2, 0) is 14.8 Å². The molecule has 10 nitrogen and oxygen atoms in total. The summed E-state index contributed by atoms with van der Waals surface area (Å²) in [5, 5.41) is 3.89. The van der Waals surface area contributed by atoms with Crippen molar-refractivity contribution in [2.75, 3.05) is 45.5 Å². The average Bonchev–Trinajstić information content (AvgIpc) is 2.76. The van der Waals surface area contributed by atoms with Gasteiger partial charge in [0, 0.05) is 11.6 Å². The van der Waals surface area contributed by atoms with Crippen molar-refractivity contribution in [1.82, 2.24) is 5.43 Å². The first kappa shape index (κ1) is 23.8. The Labute approximate surface area is 181 Å². The van der Waals surface area contributed by atoms with Gasteiger partial charge in [0.2, 0.25) is 10.0 Å². The molecule has 1 amide bonds. The molecule has 0 heterocycles. The highest BCUT2D eigenvalue weighted by Crippen LogP contribution is 2.33. The van der Waals surface area contributed by atoms with Gasteiger partial charge in [-0.1, -0.05) is 0 Å². The number of carbonyl (C=O) groups is 1. The number of methoxy groups -OCH3 is 4. The Morgan fingerprint density at radius 1 is 0.968 bits per heavy atom. The van der Waals surface area contributed by atoms with Crippen molar-refractivity contribution >= 4 is 27.8 Å². The van der Waals surface area contributed by atoms with E-state index in [1.165, 1.54) is 40.7 Å². The third kappa shape index (κ3) is 6.25. The third-order valence-corrected chi connectivity index (χ3v) is 5.30. The summed E-state index contributed by atoms with van der Waals surface area (Å²) in [6, 6.07) is 9.74. The Balaban J connectivity index is 2.23. The van der Waals surface area contributed by atoms with E-state index in [9.17, 15) is 13.2 Å². The highest BCUT2D eigenvalue weighted by atomic mass is 32.2. The number of amides is 1. The zero-order valence-electron chi connectivity index (χ0n) is 17.9. The van der Waals surface area contributed by atoms with E-state index in [0.29, 0.717) is 22.8 Å². The second-order valence-corrected chi connectivity index (χ2v) is 8.12. The van der Waals surface area contributed by atoms with Gasteiger partial charge in [-0.15, -0.1) is 0 Å². The van der Waals surface area contributed by atoms with Crippen molar-refractivity contribution in [1.29, 1.82) is 0 Å². The number of nitrogens with one attached hydrogen (secondary N) is 1. The molecule has 0 saturated heterocycles. The van der Waals surface area contributed by atoms with Gasteiger partial charge in [-0.05, 0) is 30.3 Å². The van der Waals surface area contributed by atoms with Gasteiger partial charge in [0.15, 0.2) is 0 Å². The molecule has 31 heavy (non-hydrogen) atoms. The Bertz CT molecular complexity index is 1050. The molecule has 0 aliphatic rings. The van der Waals surface area contributed by atoms with Crippen LogP contribution in [0.15, 0.2) is 41.5 Å². The van der Waals surface area contributed by atoms with Gasteiger partial charge in [-0.25, -0.2) is 13.8 Å². The molecule has 11 heteroatoms. The highest BCUT2D eigenvalue weighted by molar-refractivity contribution is 7.92. The monoisotopic (exact) mass is 451 g/mol. The van der Waals surface area contributed by atoms with Crippen LogP contribution >= 0.6 is 0 Å². The van der Waals surface area contributed by atoms with Gasteiger partial charge in [-0.2, -0.15) is 5.10 Å². The molecule has 2 aromatic carbocycles. The minimum absolute atomic E-state index is 0.165. The summed E-state index contributed by atoms with van der Waals surface area (Å²) >= 11 is 0. The number of carbonyl (C=O) groups excluding carboxylic acids is 1. The second-order valence-electron chi connectivity index (χ2n) is 6.21. The first-order valence-electron chi connectivity index (χ1n) is 8.97. The highest BCUT2D eigenvalue weighted by Gasteiger charge is 2.24. The van der Waals surface area contributed by atoms with Crippen LogP contribution in [0, 0.1) is 0 Å². The molecule has 0 saturated carbocycles. The number of ether oxygens (including phenoxy) is 4. The second kappa shape index (κ2) is 10.5. The number of benzene rings is 2. The van der Waals surface area contributed by atoms with Crippen molar-refractivity contribution in [2.45, 2.75) is 0 Å². The van der Waals surface area contributed by atoms with E-state index in [1.807, 2.05) is 0 Å². The van der Waals surface area contributed by atoms with Crippen molar-refractivity contribution in [3.05, 3.63) is 42.0 Å². The van der Waals surface area contributed by atoms with Crippen molar-refractivity contribution in [3.63, 3.8) is 0 Å². The van der Waals surface area contributed by atoms with Gasteiger partial charge >= 0.3 is 0 Å². The summed E-state index contributed by atoms with van der Waals surface area (Å²) in [5.74, 6) is 1.13. The molecular weight excluding hydrogens is 426 g/mol. The van der Waals surface area contributed by atoms with Gasteiger partial charge < -0.3 is 18.9 Å². The lowest BCUT2D eigenvalue weighted by Gasteiger charge is -2.23. The fourth-order valence-electron chi connectivity index (χ4n) is 2.65. The minimum atomic E-state index is -3.82. The standard InChI is InChI=1S/C20H25N3O7S/c1-27-15-6-8-18(29-3)14(10-15)12-21-22-20(24)13-23(31(5,25)26)17-11-16(28-2)7-9-19(17)30-4/h6-12H,13H2,1-5H3,(H,22,24)/b21-12-. The predicted octanol–water partition coefficient (Wildman–Crippen LogP) is 1.64. The summed E-state index contributed by atoms with van der Waals surface area (Å²) in [7, 11) is 2.06. The van der Waals surface area contributed by atoms with Crippen molar-refractivity contribution < 1.29 is 32.2 Å². The summed E-state index contributed by atoms with van der Waals surface area (Å²) in [6.45, 7) is -0.519. The van der Waals surface area contributed by atoms with Crippen LogP contribution < -0.4 is 28.7 Å². The minimum Gasteiger partial charge on any atom is -0.497 e. The average molecular weight is 452 g/mol. The SMILES string of the molecule is COc1ccc(OC)c(/C=N\NC(=O)CN(c2cc(OC)ccc2OC)S(C)(=O)=O)c1. The summed E-state index contributed by atoms with van der Waals surface area (Å²) in [4.78, 5) is 12.4. The molecule has 0 aliphatic heterocycles. The van der Waals surface area contributed by atoms with Crippen LogP contribution in [0.4, 0.5) is 5.69 Å². The topological polar surface area (TPSA) is 116 Å². The summed E-state index contributed by atoms with van der Waals surface area (Å²) in [6.07, 6.45) is 2.36. The van der Waals surface area contributed by atoms with Gasteiger partial charge in [0.25, 0.3) is 5.91 Å². The quantitative estimate of drug-likeness (QED) is 0.431. The molecule has 0 aromatic heterocycles. The Morgan fingerprint density at radius 3 is 2.10 bits per heavy atom. The van der Waals surface area contributed by atoms with Crippen molar-refractivity contribution in [3.8, 4) is 23.0 Å². The van der Waals surface area contributed by atoms with Gasteiger partial charge in [0.1, 0.15) is 29.5 Å². The van der Waals surface area contributed by atoms with Crippen molar-refractivity contribution in [2.24, 2.45) is 5.10 Å². The zero-order valence-corrected chi connectivity index (χ0v) is 18.7. The fourth-order valence-corrected chi connectivity index (χ4v) is 3.50. The number of hydrogen-bond donors (Lipinski definition) is 1. The number of hydrogen-bond acceptors (Lipinski definition) is 8. The molecule has 168 valence electrons. The van der Waals surface area contributed by atoms with E-state index in [2.05, 4.69) is 10.5 Å².